The van der Waals surface area contributed by atoms with Gasteiger partial charge in [-0.15, -0.1) is 0 Å². The van der Waals surface area contributed by atoms with Crippen LogP contribution in [-0.4, -0.2) is 32.5 Å². The third-order valence-corrected chi connectivity index (χ3v) is 5.59. The Kier molecular flexibility index (Phi) is 3.82. The highest BCUT2D eigenvalue weighted by atomic mass is 32.2. The fraction of sp³-hybridized carbons (Fsp3) is 0.462. The van der Waals surface area contributed by atoms with Gasteiger partial charge in [-0.25, -0.2) is 8.42 Å². The smallest absolute Gasteiger partial charge is 0.181 e. The molecule has 0 aliphatic carbocycles. The summed E-state index contributed by atoms with van der Waals surface area (Å²) in [7, 11) is -3.26. The van der Waals surface area contributed by atoms with Crippen molar-refractivity contribution in [3.8, 4) is 0 Å². The zero-order chi connectivity index (χ0) is 13.2. The summed E-state index contributed by atoms with van der Waals surface area (Å²) < 4.78 is 24.7. The van der Waals surface area contributed by atoms with Gasteiger partial charge < -0.3 is 5.32 Å². The van der Waals surface area contributed by atoms with Crippen LogP contribution in [0.25, 0.3) is 0 Å². The predicted octanol–water partition coefficient (Wildman–Crippen LogP) is 1.41. The monoisotopic (exact) mass is 267 g/mol. The number of piperidine rings is 1. The largest absolute Gasteiger partial charge is 0.317 e. The summed E-state index contributed by atoms with van der Waals surface area (Å²) in [4.78, 5) is 11.5. The quantitative estimate of drug-likeness (QED) is 0.841. The van der Waals surface area contributed by atoms with Gasteiger partial charge in [0.25, 0.3) is 0 Å². The molecule has 0 atom stereocenters. The van der Waals surface area contributed by atoms with Crippen molar-refractivity contribution in [2.75, 3.05) is 13.1 Å². The molecular weight excluding hydrogens is 250 g/mol. The Bertz CT molecular complexity index is 528. The van der Waals surface area contributed by atoms with Crippen molar-refractivity contribution in [1.29, 1.82) is 0 Å². The van der Waals surface area contributed by atoms with E-state index in [1.54, 1.807) is 12.1 Å². The normalized spacial score (nSPS) is 17.6. The number of sulfone groups is 1. The molecule has 1 aliphatic heterocycles. The van der Waals surface area contributed by atoms with Crippen LogP contribution in [0.5, 0.6) is 0 Å². The van der Waals surface area contributed by atoms with E-state index >= 15 is 0 Å². The molecule has 2 rings (SSSR count). The summed E-state index contributed by atoms with van der Waals surface area (Å²) in [6.45, 7) is 2.96. The maximum Gasteiger partial charge on any atom is 0.181 e. The molecule has 1 N–H and O–H groups in total. The van der Waals surface area contributed by atoms with E-state index in [1.165, 1.54) is 19.1 Å². The Balaban J connectivity index is 2.26. The van der Waals surface area contributed by atoms with E-state index in [0.717, 1.165) is 13.1 Å². The highest BCUT2D eigenvalue weighted by Gasteiger charge is 2.28. The second kappa shape index (κ2) is 5.20. The van der Waals surface area contributed by atoms with Crippen molar-refractivity contribution in [3.63, 3.8) is 0 Å². The molecule has 0 aromatic heterocycles. The number of carbonyl (C=O) groups is 1. The minimum Gasteiger partial charge on any atom is -0.317 e. The lowest BCUT2D eigenvalue weighted by atomic mass is 10.1. The van der Waals surface area contributed by atoms with Crippen LogP contribution in [-0.2, 0) is 9.84 Å². The Morgan fingerprint density at radius 1 is 1.17 bits per heavy atom. The molecule has 0 spiro atoms. The fourth-order valence-electron chi connectivity index (χ4n) is 2.18. The molecule has 1 heterocycles. The molecule has 1 aromatic carbocycles. The molecule has 5 heteroatoms. The second-order valence-electron chi connectivity index (χ2n) is 4.57. The SMILES string of the molecule is CC(=O)c1ccc(S(=O)(=O)C2CCNCC2)cc1. The highest BCUT2D eigenvalue weighted by molar-refractivity contribution is 7.92. The lowest BCUT2D eigenvalue weighted by Gasteiger charge is -2.22. The number of hydrogen-bond acceptors (Lipinski definition) is 4. The molecule has 0 radical (unpaired) electrons. The number of nitrogens with one attached hydrogen (secondary N) is 1. The van der Waals surface area contributed by atoms with E-state index in [4.69, 9.17) is 0 Å². The average molecular weight is 267 g/mol. The minimum absolute atomic E-state index is 0.0548. The number of benzene rings is 1. The number of ketones is 1. The molecule has 98 valence electrons. The van der Waals surface area contributed by atoms with Gasteiger partial charge in [-0.1, -0.05) is 12.1 Å². The maximum atomic E-state index is 12.4. The number of hydrogen-bond donors (Lipinski definition) is 1. The van der Waals surface area contributed by atoms with Crippen molar-refractivity contribution in [2.45, 2.75) is 29.9 Å². The van der Waals surface area contributed by atoms with Gasteiger partial charge in [0.15, 0.2) is 15.6 Å². The lowest BCUT2D eigenvalue weighted by molar-refractivity contribution is 0.101. The predicted molar refractivity (Wildman–Crippen MR) is 69.5 cm³/mol. The third-order valence-electron chi connectivity index (χ3n) is 3.31. The first kappa shape index (κ1) is 13.2. The van der Waals surface area contributed by atoms with Crippen LogP contribution in [0, 0.1) is 0 Å². The number of Topliss-reactive ketones (excluding diaryl/α,β-unsaturated/α-hetero) is 1. The van der Waals surface area contributed by atoms with Crippen LogP contribution in [0.2, 0.25) is 0 Å². The Hall–Kier alpha value is -1.20. The van der Waals surface area contributed by atoms with Crippen molar-refractivity contribution in [3.05, 3.63) is 29.8 Å². The molecule has 18 heavy (non-hydrogen) atoms. The molecule has 0 saturated carbocycles. The van der Waals surface area contributed by atoms with Gasteiger partial charge >= 0.3 is 0 Å². The summed E-state index contributed by atoms with van der Waals surface area (Å²) in [6.07, 6.45) is 1.30. The molecule has 0 amide bonds. The van der Waals surface area contributed by atoms with Gasteiger partial charge in [0.05, 0.1) is 10.1 Å². The van der Waals surface area contributed by atoms with E-state index < -0.39 is 9.84 Å². The lowest BCUT2D eigenvalue weighted by Crippen LogP contribution is -2.35. The zero-order valence-corrected chi connectivity index (χ0v) is 11.2. The zero-order valence-electron chi connectivity index (χ0n) is 10.3. The van der Waals surface area contributed by atoms with Crippen LogP contribution in [0.4, 0.5) is 0 Å². The third kappa shape index (κ3) is 2.62. The summed E-state index contributed by atoms with van der Waals surface area (Å²) >= 11 is 0. The van der Waals surface area contributed by atoms with Crippen LogP contribution in [0.1, 0.15) is 30.1 Å². The van der Waals surface area contributed by atoms with E-state index in [0.29, 0.717) is 23.3 Å². The van der Waals surface area contributed by atoms with Gasteiger partial charge in [-0.2, -0.15) is 0 Å². The standard InChI is InChI=1S/C13H17NO3S/c1-10(15)11-2-4-12(5-3-11)18(16,17)13-6-8-14-9-7-13/h2-5,13-14H,6-9H2,1H3. The van der Waals surface area contributed by atoms with Crippen LogP contribution in [0.15, 0.2) is 29.2 Å². The van der Waals surface area contributed by atoms with Gasteiger partial charge in [0, 0.05) is 5.56 Å². The van der Waals surface area contributed by atoms with E-state index in [-0.39, 0.29) is 11.0 Å². The Labute approximate surface area is 107 Å². The first-order valence-electron chi connectivity index (χ1n) is 6.07. The van der Waals surface area contributed by atoms with Crippen LogP contribution < -0.4 is 5.32 Å². The van der Waals surface area contributed by atoms with E-state index in [2.05, 4.69) is 5.32 Å². The fourth-order valence-corrected chi connectivity index (χ4v) is 3.93. The molecular formula is C13H17NO3S. The second-order valence-corrected chi connectivity index (χ2v) is 6.80. The molecule has 0 bridgehead atoms. The Morgan fingerprint density at radius 3 is 2.22 bits per heavy atom. The van der Waals surface area contributed by atoms with Crippen molar-refractivity contribution >= 4 is 15.6 Å². The van der Waals surface area contributed by atoms with Gasteiger partial charge in [-0.05, 0) is 45.0 Å². The maximum absolute atomic E-state index is 12.4. The average Bonchev–Trinajstić information content (AvgIpc) is 2.40. The molecule has 1 saturated heterocycles. The van der Waals surface area contributed by atoms with Gasteiger partial charge in [0.2, 0.25) is 0 Å². The first-order chi connectivity index (χ1) is 8.51. The van der Waals surface area contributed by atoms with Gasteiger partial charge in [0.1, 0.15) is 0 Å². The summed E-state index contributed by atoms with van der Waals surface area (Å²) in [5, 5.41) is 2.85. The Morgan fingerprint density at radius 2 is 1.72 bits per heavy atom. The highest BCUT2D eigenvalue weighted by Crippen LogP contribution is 2.22. The minimum atomic E-state index is -3.26. The molecule has 0 unspecified atom stereocenters. The molecule has 4 nitrogen and oxygen atoms in total. The first-order valence-corrected chi connectivity index (χ1v) is 7.62. The summed E-state index contributed by atoms with van der Waals surface area (Å²) in [6, 6.07) is 6.23. The molecule has 1 aromatic rings. The van der Waals surface area contributed by atoms with Crippen molar-refractivity contribution in [2.24, 2.45) is 0 Å². The number of rotatable bonds is 3. The molecule has 1 aliphatic rings. The van der Waals surface area contributed by atoms with Gasteiger partial charge in [-0.3, -0.25) is 4.79 Å². The topological polar surface area (TPSA) is 63.2 Å². The van der Waals surface area contributed by atoms with Crippen molar-refractivity contribution < 1.29 is 13.2 Å². The summed E-state index contributed by atoms with van der Waals surface area (Å²) in [5.41, 5.74) is 0.541. The van der Waals surface area contributed by atoms with Crippen molar-refractivity contribution in [1.82, 2.24) is 5.32 Å². The van der Waals surface area contributed by atoms with E-state index in [9.17, 15) is 13.2 Å². The van der Waals surface area contributed by atoms with E-state index in [1.807, 2.05) is 0 Å². The summed E-state index contributed by atoms with van der Waals surface area (Å²) in [5.74, 6) is -0.0548. The van der Waals surface area contributed by atoms with Crippen LogP contribution in [0.3, 0.4) is 0 Å². The number of carbonyl (C=O) groups excluding carboxylic acids is 1. The molecule has 1 fully saturated rings. The van der Waals surface area contributed by atoms with Crippen LogP contribution >= 0.6 is 0 Å².